The third kappa shape index (κ3) is 6.00. The number of carbonyl (C=O) groups is 1. The van der Waals surface area contributed by atoms with E-state index >= 15 is 0 Å². The van der Waals surface area contributed by atoms with Gasteiger partial charge in [-0.25, -0.2) is 9.97 Å². The zero-order valence-electron chi connectivity index (χ0n) is 18.2. The summed E-state index contributed by atoms with van der Waals surface area (Å²) < 4.78 is 7.76. The van der Waals surface area contributed by atoms with Crippen molar-refractivity contribution in [2.24, 2.45) is 11.8 Å². The molecule has 1 saturated heterocycles. The molecule has 9 heteroatoms. The molecule has 2 N–H and O–H groups in total. The second kappa shape index (κ2) is 9.23. The Morgan fingerprint density at radius 3 is 2.93 bits per heavy atom. The topological polar surface area (TPSA) is 84.3 Å². The van der Waals surface area contributed by atoms with Crippen LogP contribution >= 0.6 is 0 Å². The second-order valence-corrected chi connectivity index (χ2v) is 15.0. The normalized spacial score (nSPS) is 20.7. The lowest BCUT2D eigenvalue weighted by molar-refractivity contribution is -0.127. The molecule has 0 saturated carbocycles. The SMILES string of the molecule is CC1CCN(C)CC1C(=O)NNc1cnc2c(ccn2COCC[Si](C)(C)C)n1. The summed E-state index contributed by atoms with van der Waals surface area (Å²) in [7, 11) is 0.966. The fourth-order valence-electron chi connectivity index (χ4n) is 3.46. The minimum atomic E-state index is -1.09. The van der Waals surface area contributed by atoms with Gasteiger partial charge in [-0.3, -0.25) is 15.6 Å². The summed E-state index contributed by atoms with van der Waals surface area (Å²) in [6.07, 6.45) is 4.60. The number of amides is 1. The van der Waals surface area contributed by atoms with Crippen LogP contribution in [0, 0.1) is 11.8 Å². The summed E-state index contributed by atoms with van der Waals surface area (Å²) in [6, 6.07) is 3.05. The van der Waals surface area contributed by atoms with Crippen molar-refractivity contribution < 1.29 is 9.53 Å². The molecule has 1 aliphatic rings. The number of rotatable bonds is 8. The molecule has 1 amide bonds. The number of hydrazine groups is 1. The average Bonchev–Trinajstić information content (AvgIpc) is 3.06. The van der Waals surface area contributed by atoms with Gasteiger partial charge in [-0.15, -0.1) is 0 Å². The Balaban J connectivity index is 1.54. The van der Waals surface area contributed by atoms with Crippen molar-refractivity contribution in [3.05, 3.63) is 18.5 Å². The van der Waals surface area contributed by atoms with E-state index in [1.54, 1.807) is 6.20 Å². The molecule has 0 bridgehead atoms. The van der Waals surface area contributed by atoms with E-state index in [4.69, 9.17) is 4.74 Å². The highest BCUT2D eigenvalue weighted by molar-refractivity contribution is 6.76. The summed E-state index contributed by atoms with van der Waals surface area (Å²) in [4.78, 5) is 23.8. The van der Waals surface area contributed by atoms with E-state index in [1.165, 1.54) is 0 Å². The molecule has 2 atom stereocenters. The molecular formula is C20H34N6O2Si. The smallest absolute Gasteiger partial charge is 0.243 e. The van der Waals surface area contributed by atoms with E-state index in [2.05, 4.69) is 59.3 Å². The second-order valence-electron chi connectivity index (χ2n) is 9.35. The van der Waals surface area contributed by atoms with Crippen LogP contribution in [0.25, 0.3) is 11.2 Å². The number of carbonyl (C=O) groups excluding carboxylic acids is 1. The maximum absolute atomic E-state index is 12.5. The summed E-state index contributed by atoms with van der Waals surface area (Å²) >= 11 is 0. The van der Waals surface area contributed by atoms with Crippen LogP contribution in [-0.4, -0.2) is 60.2 Å². The Labute approximate surface area is 174 Å². The van der Waals surface area contributed by atoms with Crippen LogP contribution in [0.2, 0.25) is 25.7 Å². The van der Waals surface area contributed by atoms with Crippen molar-refractivity contribution >= 4 is 31.0 Å². The number of anilines is 1. The van der Waals surface area contributed by atoms with Gasteiger partial charge in [0.05, 0.1) is 12.1 Å². The monoisotopic (exact) mass is 418 g/mol. The predicted octanol–water partition coefficient (Wildman–Crippen LogP) is 2.77. The minimum Gasteiger partial charge on any atom is -0.361 e. The molecule has 2 aromatic rings. The Morgan fingerprint density at radius 1 is 1.38 bits per heavy atom. The first-order valence-corrected chi connectivity index (χ1v) is 14.1. The number of hydrogen-bond donors (Lipinski definition) is 2. The maximum atomic E-state index is 12.5. The quantitative estimate of drug-likeness (QED) is 0.390. The molecule has 3 heterocycles. The van der Waals surface area contributed by atoms with Gasteiger partial charge < -0.3 is 14.2 Å². The zero-order valence-corrected chi connectivity index (χ0v) is 19.2. The lowest BCUT2D eigenvalue weighted by Crippen LogP contribution is -2.46. The van der Waals surface area contributed by atoms with Gasteiger partial charge >= 0.3 is 0 Å². The van der Waals surface area contributed by atoms with Crippen LogP contribution in [0.3, 0.4) is 0 Å². The highest BCUT2D eigenvalue weighted by atomic mass is 28.3. The van der Waals surface area contributed by atoms with E-state index in [0.717, 1.165) is 43.3 Å². The number of hydrogen-bond acceptors (Lipinski definition) is 6. The van der Waals surface area contributed by atoms with E-state index in [-0.39, 0.29) is 11.8 Å². The van der Waals surface area contributed by atoms with Crippen LogP contribution < -0.4 is 10.9 Å². The number of ether oxygens (including phenoxy) is 1. The Morgan fingerprint density at radius 2 is 2.17 bits per heavy atom. The van der Waals surface area contributed by atoms with Gasteiger partial charge in [-0.05, 0) is 38.0 Å². The molecule has 29 heavy (non-hydrogen) atoms. The summed E-state index contributed by atoms with van der Waals surface area (Å²) in [5, 5.41) is 0. The largest absolute Gasteiger partial charge is 0.361 e. The molecule has 0 radical (unpaired) electrons. The molecular weight excluding hydrogens is 384 g/mol. The van der Waals surface area contributed by atoms with Gasteiger partial charge in [-0.1, -0.05) is 26.6 Å². The van der Waals surface area contributed by atoms with Gasteiger partial charge in [0.25, 0.3) is 0 Å². The molecule has 1 fully saturated rings. The fourth-order valence-corrected chi connectivity index (χ4v) is 4.22. The number of nitrogens with one attached hydrogen (secondary N) is 2. The van der Waals surface area contributed by atoms with Crippen LogP contribution in [0.4, 0.5) is 5.82 Å². The van der Waals surface area contributed by atoms with E-state index < -0.39 is 8.07 Å². The van der Waals surface area contributed by atoms with E-state index in [9.17, 15) is 4.79 Å². The molecule has 1 aliphatic heterocycles. The van der Waals surface area contributed by atoms with Crippen LogP contribution in [-0.2, 0) is 16.3 Å². The number of likely N-dealkylation sites (tertiary alicyclic amines) is 1. The van der Waals surface area contributed by atoms with Crippen molar-refractivity contribution in [3.63, 3.8) is 0 Å². The lowest BCUT2D eigenvalue weighted by atomic mass is 9.87. The van der Waals surface area contributed by atoms with Crippen molar-refractivity contribution in [2.75, 3.05) is 32.2 Å². The van der Waals surface area contributed by atoms with Crippen molar-refractivity contribution in [3.8, 4) is 0 Å². The lowest BCUT2D eigenvalue weighted by Gasteiger charge is -2.33. The van der Waals surface area contributed by atoms with Gasteiger partial charge in [0.15, 0.2) is 11.5 Å². The Bertz CT molecular complexity index is 834. The highest BCUT2D eigenvalue weighted by Gasteiger charge is 2.30. The van der Waals surface area contributed by atoms with Gasteiger partial charge in [0.1, 0.15) is 12.2 Å². The molecule has 3 rings (SSSR count). The summed E-state index contributed by atoms with van der Waals surface area (Å²) in [6.45, 7) is 12.2. The van der Waals surface area contributed by atoms with Crippen LogP contribution in [0.15, 0.2) is 18.5 Å². The summed E-state index contributed by atoms with van der Waals surface area (Å²) in [5.74, 6) is 0.878. The summed E-state index contributed by atoms with van der Waals surface area (Å²) in [5.41, 5.74) is 7.26. The number of fused-ring (bicyclic) bond motifs is 1. The van der Waals surface area contributed by atoms with Gasteiger partial charge in [0.2, 0.25) is 5.91 Å². The molecule has 0 spiro atoms. The maximum Gasteiger partial charge on any atom is 0.243 e. The first-order valence-electron chi connectivity index (χ1n) is 10.4. The van der Waals surface area contributed by atoms with E-state index in [1.807, 2.05) is 16.8 Å². The third-order valence-corrected chi connectivity index (χ3v) is 7.21. The molecule has 160 valence electrons. The van der Waals surface area contributed by atoms with Gasteiger partial charge in [-0.2, -0.15) is 0 Å². The standard InChI is InChI=1S/C20H34N6O2Si/c1-15-6-8-25(2)13-16(15)20(27)24-23-18-12-21-19-17(22-18)7-9-26(19)14-28-10-11-29(3,4)5/h7,9,12,15-16H,6,8,10-11,13-14H2,1-5H3,(H,22,23)(H,24,27). The first kappa shape index (κ1) is 21.7. The number of piperidine rings is 1. The number of aromatic nitrogens is 3. The van der Waals surface area contributed by atoms with Crippen LogP contribution in [0.1, 0.15) is 13.3 Å². The number of nitrogens with zero attached hydrogens (tertiary/aromatic N) is 4. The zero-order chi connectivity index (χ0) is 21.0. The fraction of sp³-hybridized carbons (Fsp3) is 0.650. The van der Waals surface area contributed by atoms with Crippen molar-refractivity contribution in [2.45, 2.75) is 45.8 Å². The average molecular weight is 419 g/mol. The Hall–Kier alpha value is -1.97. The predicted molar refractivity (Wildman–Crippen MR) is 118 cm³/mol. The molecule has 0 aromatic carbocycles. The van der Waals surface area contributed by atoms with Crippen LogP contribution in [0.5, 0.6) is 0 Å². The molecule has 2 aromatic heterocycles. The van der Waals surface area contributed by atoms with Crippen molar-refractivity contribution in [1.29, 1.82) is 0 Å². The third-order valence-electron chi connectivity index (χ3n) is 5.50. The molecule has 8 nitrogen and oxygen atoms in total. The highest BCUT2D eigenvalue weighted by Crippen LogP contribution is 2.22. The first-order chi connectivity index (χ1) is 13.7. The van der Waals surface area contributed by atoms with E-state index in [0.29, 0.717) is 18.5 Å². The molecule has 2 unspecified atom stereocenters. The minimum absolute atomic E-state index is 0.000634. The molecule has 0 aliphatic carbocycles. The van der Waals surface area contributed by atoms with Gasteiger partial charge in [0, 0.05) is 27.4 Å². The van der Waals surface area contributed by atoms with Crippen molar-refractivity contribution in [1.82, 2.24) is 24.9 Å². The Kier molecular flexibility index (Phi) is 6.92.